The van der Waals surface area contributed by atoms with Crippen molar-refractivity contribution in [3.05, 3.63) is 35.2 Å². The highest BCUT2D eigenvalue weighted by Crippen LogP contribution is 2.50. The third-order valence-corrected chi connectivity index (χ3v) is 8.55. The monoisotopic (exact) mass is 447 g/mol. The van der Waals surface area contributed by atoms with Gasteiger partial charge in [0.1, 0.15) is 0 Å². The van der Waals surface area contributed by atoms with Crippen LogP contribution in [0, 0.1) is 17.2 Å². The molecule has 1 saturated heterocycles. The van der Waals surface area contributed by atoms with Crippen LogP contribution in [0.3, 0.4) is 0 Å². The van der Waals surface area contributed by atoms with Crippen LogP contribution in [-0.4, -0.2) is 38.5 Å². The number of hydrogen-bond donors (Lipinski definition) is 0. The summed E-state index contributed by atoms with van der Waals surface area (Å²) in [4.78, 5) is 1.55. The lowest BCUT2D eigenvalue weighted by atomic mass is 9.66. The van der Waals surface area contributed by atoms with Gasteiger partial charge in [-0.2, -0.15) is 10.1 Å². The topological polar surface area (TPSA) is 85.9 Å². The number of fused-ring (bicyclic) bond motifs is 2. The Balaban J connectivity index is 1.23. The minimum atomic E-state index is -0.313. The maximum absolute atomic E-state index is 8.73. The lowest BCUT2D eigenvalue weighted by Crippen LogP contribution is -2.41. The van der Waals surface area contributed by atoms with E-state index in [2.05, 4.69) is 67.4 Å². The average Bonchev–Trinajstić information content (AvgIpc) is 3.43. The Labute approximate surface area is 197 Å². The molecule has 0 amide bonds. The van der Waals surface area contributed by atoms with Crippen molar-refractivity contribution in [2.24, 2.45) is 5.92 Å². The van der Waals surface area contributed by atoms with Gasteiger partial charge in [0.15, 0.2) is 5.82 Å². The van der Waals surface area contributed by atoms with Crippen LogP contribution in [0.5, 0.6) is 0 Å². The van der Waals surface area contributed by atoms with Gasteiger partial charge in [-0.3, -0.25) is 0 Å². The normalized spacial score (nSPS) is 27.6. The van der Waals surface area contributed by atoms with Gasteiger partial charge in [-0.1, -0.05) is 18.2 Å². The first kappa shape index (κ1) is 22.6. The summed E-state index contributed by atoms with van der Waals surface area (Å²) in [7, 11) is -0.290. The molecule has 1 saturated carbocycles. The Kier molecular flexibility index (Phi) is 5.61. The van der Waals surface area contributed by atoms with Crippen LogP contribution in [0.2, 0.25) is 0 Å². The highest BCUT2D eigenvalue weighted by Gasteiger charge is 2.52. The summed E-state index contributed by atoms with van der Waals surface area (Å²) in [5.41, 5.74) is 3.85. The van der Waals surface area contributed by atoms with Gasteiger partial charge in [0, 0.05) is 6.42 Å². The molecule has 0 atom stereocenters. The van der Waals surface area contributed by atoms with Crippen molar-refractivity contribution in [3.8, 4) is 6.07 Å². The van der Waals surface area contributed by atoms with E-state index >= 15 is 0 Å². The van der Waals surface area contributed by atoms with E-state index in [9.17, 15) is 0 Å². The van der Waals surface area contributed by atoms with Gasteiger partial charge in [0.2, 0.25) is 0 Å². The quantitative estimate of drug-likeness (QED) is 0.653. The number of tetrazole rings is 1. The molecule has 1 spiro atoms. The zero-order valence-corrected chi connectivity index (χ0v) is 20.3. The maximum atomic E-state index is 8.73. The van der Waals surface area contributed by atoms with Gasteiger partial charge in [-0.25, -0.2) is 0 Å². The third-order valence-electron chi connectivity index (χ3n) is 8.55. The Bertz CT molecular complexity index is 1050. The number of benzene rings is 1. The van der Waals surface area contributed by atoms with Gasteiger partial charge in [0.05, 0.1) is 30.2 Å². The van der Waals surface area contributed by atoms with Crippen molar-refractivity contribution in [3.63, 3.8) is 0 Å². The zero-order chi connectivity index (χ0) is 23.3. The number of aryl methyl sites for hydroxylation is 2. The van der Waals surface area contributed by atoms with Gasteiger partial charge in [0.25, 0.3) is 0 Å². The summed E-state index contributed by atoms with van der Waals surface area (Å²) in [5.74, 6) is 1.42. The fourth-order valence-electron chi connectivity index (χ4n) is 5.79. The maximum Gasteiger partial charge on any atom is 0.494 e. The molecule has 1 aromatic heterocycles. The van der Waals surface area contributed by atoms with Crippen molar-refractivity contribution in [1.29, 1.82) is 5.26 Å². The molecule has 2 aliphatic carbocycles. The third kappa shape index (κ3) is 4.10. The van der Waals surface area contributed by atoms with Gasteiger partial charge < -0.3 is 9.31 Å². The summed E-state index contributed by atoms with van der Waals surface area (Å²) in [6.07, 6.45) is 8.53. The smallest absolute Gasteiger partial charge is 0.399 e. The first-order chi connectivity index (χ1) is 15.7. The molecule has 33 heavy (non-hydrogen) atoms. The molecule has 3 aliphatic rings. The molecule has 0 radical (unpaired) electrons. The molecule has 8 heteroatoms. The SMILES string of the molecule is CC1(C)OB(c2ccc3c(c2)CC[C@]32CC[C@H](Cc3nnn(CCC#N)n3)CC2)OC1(C)C. The van der Waals surface area contributed by atoms with Crippen LogP contribution in [0.25, 0.3) is 0 Å². The van der Waals surface area contributed by atoms with E-state index in [1.807, 2.05) is 0 Å². The largest absolute Gasteiger partial charge is 0.494 e. The standard InChI is InChI=1S/C25H34BN5O2/c1-23(2)24(3,4)33-26(32-23)20-6-7-21-19(17-20)10-13-25(21)11-8-18(9-12-25)16-22-28-30-31(29-22)15-5-14-27/h6-7,17-18H,5,8-13,15-16H2,1-4H3/t18-,25+. The van der Waals surface area contributed by atoms with Crippen molar-refractivity contribution >= 4 is 12.6 Å². The minimum absolute atomic E-state index is 0.290. The zero-order valence-electron chi connectivity index (χ0n) is 20.3. The molecule has 5 rings (SSSR count). The summed E-state index contributed by atoms with van der Waals surface area (Å²) in [5, 5.41) is 21.5. The molecule has 174 valence electrons. The summed E-state index contributed by atoms with van der Waals surface area (Å²) in [6, 6.07) is 9.04. The van der Waals surface area contributed by atoms with Crippen molar-refractivity contribution < 1.29 is 9.31 Å². The Morgan fingerprint density at radius 1 is 1.12 bits per heavy atom. The number of hydrogen-bond acceptors (Lipinski definition) is 6. The van der Waals surface area contributed by atoms with E-state index in [1.54, 1.807) is 10.4 Å². The van der Waals surface area contributed by atoms with Gasteiger partial charge >= 0.3 is 7.12 Å². The molecule has 1 aliphatic heterocycles. The van der Waals surface area contributed by atoms with E-state index in [-0.39, 0.29) is 18.3 Å². The fraction of sp³-hybridized carbons (Fsp3) is 0.680. The first-order valence-electron chi connectivity index (χ1n) is 12.3. The van der Waals surface area contributed by atoms with Crippen LogP contribution in [0.1, 0.15) is 83.2 Å². The van der Waals surface area contributed by atoms with Crippen molar-refractivity contribution in [1.82, 2.24) is 20.2 Å². The molecule has 2 fully saturated rings. The molecule has 2 heterocycles. The van der Waals surface area contributed by atoms with Crippen LogP contribution < -0.4 is 5.46 Å². The molecule has 0 N–H and O–H groups in total. The lowest BCUT2D eigenvalue weighted by molar-refractivity contribution is 0.00578. The second kappa shape index (κ2) is 8.21. The van der Waals surface area contributed by atoms with Crippen LogP contribution in [-0.2, 0) is 34.1 Å². The molecule has 7 nitrogen and oxygen atoms in total. The number of aromatic nitrogens is 4. The molecule has 2 aromatic rings. The summed E-state index contributed by atoms with van der Waals surface area (Å²) < 4.78 is 12.6. The minimum Gasteiger partial charge on any atom is -0.399 e. The number of nitrogens with zero attached hydrogens (tertiary/aromatic N) is 5. The fourth-order valence-corrected chi connectivity index (χ4v) is 5.79. The van der Waals surface area contributed by atoms with E-state index in [0.29, 0.717) is 24.3 Å². The Morgan fingerprint density at radius 3 is 2.55 bits per heavy atom. The Hall–Kier alpha value is -2.24. The highest BCUT2D eigenvalue weighted by molar-refractivity contribution is 6.62. The Morgan fingerprint density at radius 2 is 1.85 bits per heavy atom. The van der Waals surface area contributed by atoms with Crippen molar-refractivity contribution in [2.45, 2.75) is 102 Å². The average molecular weight is 447 g/mol. The van der Waals surface area contributed by atoms with E-state index in [1.165, 1.54) is 37.7 Å². The lowest BCUT2D eigenvalue weighted by Gasteiger charge is -2.38. The second-order valence-corrected chi connectivity index (χ2v) is 11.1. The first-order valence-corrected chi connectivity index (χ1v) is 12.3. The van der Waals surface area contributed by atoms with E-state index < -0.39 is 0 Å². The molecule has 0 unspecified atom stereocenters. The van der Waals surface area contributed by atoms with Crippen LogP contribution >= 0.6 is 0 Å². The molecular weight excluding hydrogens is 413 g/mol. The summed E-state index contributed by atoms with van der Waals surface area (Å²) >= 11 is 0. The molecular formula is C25H34BN5O2. The number of rotatable bonds is 5. The van der Waals surface area contributed by atoms with E-state index in [4.69, 9.17) is 14.6 Å². The predicted molar refractivity (Wildman–Crippen MR) is 126 cm³/mol. The highest BCUT2D eigenvalue weighted by atomic mass is 16.7. The summed E-state index contributed by atoms with van der Waals surface area (Å²) in [6.45, 7) is 8.95. The van der Waals surface area contributed by atoms with E-state index in [0.717, 1.165) is 24.1 Å². The molecule has 1 aromatic carbocycles. The van der Waals surface area contributed by atoms with Gasteiger partial charge in [-0.15, -0.1) is 10.2 Å². The second-order valence-electron chi connectivity index (χ2n) is 11.1. The van der Waals surface area contributed by atoms with Crippen LogP contribution in [0.4, 0.5) is 0 Å². The van der Waals surface area contributed by atoms with Gasteiger partial charge in [-0.05, 0) is 99.4 Å². The number of nitriles is 1. The predicted octanol–water partition coefficient (Wildman–Crippen LogP) is 3.50. The van der Waals surface area contributed by atoms with Crippen molar-refractivity contribution in [2.75, 3.05) is 0 Å². The molecule has 0 bridgehead atoms. The van der Waals surface area contributed by atoms with Crippen LogP contribution in [0.15, 0.2) is 18.2 Å².